The fourth-order valence-corrected chi connectivity index (χ4v) is 4.06. The fraction of sp³-hybridized carbons (Fsp3) is 0.467. The highest BCUT2D eigenvalue weighted by Gasteiger charge is 2.30. The lowest BCUT2D eigenvalue weighted by atomic mass is 9.94. The first-order valence-electron chi connectivity index (χ1n) is 13.1. The van der Waals surface area contributed by atoms with Crippen LogP contribution in [0.4, 0.5) is 5.69 Å². The zero-order chi connectivity index (χ0) is 30.3. The van der Waals surface area contributed by atoms with Crippen molar-refractivity contribution in [2.45, 2.75) is 90.9 Å². The number of hydrogen-bond acceptors (Lipinski definition) is 8. The molecule has 0 spiro atoms. The average molecular weight is 557 g/mol. The van der Waals surface area contributed by atoms with Gasteiger partial charge >= 0.3 is 17.9 Å². The lowest BCUT2D eigenvalue weighted by molar-refractivity contribution is -0.165. The van der Waals surface area contributed by atoms with Gasteiger partial charge in [-0.25, -0.2) is 9.59 Å². The van der Waals surface area contributed by atoms with Crippen LogP contribution in [0.25, 0.3) is 0 Å². The number of amides is 1. The summed E-state index contributed by atoms with van der Waals surface area (Å²) in [5.74, 6) is -2.94. The van der Waals surface area contributed by atoms with Crippen molar-refractivity contribution in [2.75, 3.05) is 5.73 Å². The van der Waals surface area contributed by atoms with Crippen molar-refractivity contribution in [3.05, 3.63) is 58.7 Å². The highest BCUT2D eigenvalue weighted by molar-refractivity contribution is 5.90. The number of aromatic hydroxyl groups is 1. The zero-order valence-corrected chi connectivity index (χ0v) is 24.0. The number of esters is 2. The Kier molecular flexibility index (Phi) is 10.7. The highest BCUT2D eigenvalue weighted by atomic mass is 16.6. The predicted octanol–water partition coefficient (Wildman–Crippen LogP) is 3.95. The zero-order valence-electron chi connectivity index (χ0n) is 24.0. The normalized spacial score (nSPS) is 12.3. The Labute approximate surface area is 234 Å². The minimum Gasteiger partial charge on any atom is -0.508 e. The first-order valence-corrected chi connectivity index (χ1v) is 13.1. The third kappa shape index (κ3) is 10.6. The van der Waals surface area contributed by atoms with Crippen LogP contribution >= 0.6 is 0 Å². The lowest BCUT2D eigenvalue weighted by Gasteiger charge is -2.25. The molecule has 0 aromatic heterocycles. The van der Waals surface area contributed by atoms with Gasteiger partial charge in [0.2, 0.25) is 5.91 Å². The largest absolute Gasteiger partial charge is 0.508 e. The van der Waals surface area contributed by atoms with Gasteiger partial charge in [-0.05, 0) is 102 Å². The summed E-state index contributed by atoms with van der Waals surface area (Å²) in [5, 5.41) is 22.6. The Hall–Kier alpha value is -4.08. The summed E-state index contributed by atoms with van der Waals surface area (Å²) in [4.78, 5) is 49.7. The molecule has 0 saturated carbocycles. The summed E-state index contributed by atoms with van der Waals surface area (Å²) >= 11 is 0. The Morgan fingerprint density at radius 2 is 1.55 bits per heavy atom. The SMILES string of the molecule is CC(C)(C)OC(=O)C[C@H](NC(=O)CCc1cccc(O)c1CCc1cc(N)ccc1C(=O)O)C(=O)OC(C)(C)C. The molecule has 0 aliphatic rings. The number of phenols is 1. The molecular weight excluding hydrogens is 516 g/mol. The topological polar surface area (TPSA) is 165 Å². The van der Waals surface area contributed by atoms with Gasteiger partial charge in [-0.3, -0.25) is 9.59 Å². The molecule has 0 heterocycles. The molecular formula is C30H40N2O8. The molecule has 1 amide bonds. The molecule has 10 heteroatoms. The number of aryl methyl sites for hydroxylation is 2. The van der Waals surface area contributed by atoms with Crippen molar-refractivity contribution in [1.82, 2.24) is 5.32 Å². The molecule has 2 aromatic rings. The third-order valence-electron chi connectivity index (χ3n) is 5.69. The molecule has 0 saturated heterocycles. The van der Waals surface area contributed by atoms with Crippen molar-refractivity contribution in [2.24, 2.45) is 0 Å². The van der Waals surface area contributed by atoms with Gasteiger partial charge in [0.05, 0.1) is 12.0 Å². The van der Waals surface area contributed by atoms with Crippen molar-refractivity contribution in [3.63, 3.8) is 0 Å². The smallest absolute Gasteiger partial charge is 0.335 e. The van der Waals surface area contributed by atoms with Crippen LogP contribution in [-0.4, -0.2) is 51.3 Å². The minimum absolute atomic E-state index is 0.0234. The first kappa shape index (κ1) is 32.1. The van der Waals surface area contributed by atoms with E-state index in [2.05, 4.69) is 5.32 Å². The maximum atomic E-state index is 12.9. The quantitative estimate of drug-likeness (QED) is 0.237. The maximum absolute atomic E-state index is 12.9. The van der Waals surface area contributed by atoms with Crippen molar-refractivity contribution < 1.29 is 38.9 Å². The van der Waals surface area contributed by atoms with Crippen molar-refractivity contribution in [3.8, 4) is 5.75 Å². The second-order valence-electron chi connectivity index (χ2n) is 11.6. The number of nitrogens with one attached hydrogen (secondary N) is 1. The predicted molar refractivity (Wildman–Crippen MR) is 150 cm³/mol. The molecule has 0 bridgehead atoms. The average Bonchev–Trinajstić information content (AvgIpc) is 2.79. The second kappa shape index (κ2) is 13.3. The number of hydrogen-bond donors (Lipinski definition) is 4. The highest BCUT2D eigenvalue weighted by Crippen LogP contribution is 2.26. The Balaban J connectivity index is 2.14. The molecule has 0 fully saturated rings. The molecule has 0 aliphatic carbocycles. The molecule has 0 radical (unpaired) electrons. The number of carbonyl (C=O) groups excluding carboxylic acids is 3. The summed E-state index contributed by atoms with van der Waals surface area (Å²) in [6.07, 6.45) is 0.419. The number of phenolic OH excluding ortho intramolecular Hbond substituents is 1. The van der Waals surface area contributed by atoms with Gasteiger partial charge in [0.1, 0.15) is 23.0 Å². The van der Waals surface area contributed by atoms with E-state index in [1.165, 1.54) is 18.2 Å². The van der Waals surface area contributed by atoms with E-state index < -0.39 is 41.1 Å². The van der Waals surface area contributed by atoms with E-state index in [0.29, 0.717) is 35.2 Å². The Morgan fingerprint density at radius 1 is 0.900 bits per heavy atom. The molecule has 0 aliphatic heterocycles. The minimum atomic E-state index is -1.23. The van der Waals surface area contributed by atoms with Crippen LogP contribution in [0.3, 0.4) is 0 Å². The number of rotatable bonds is 11. The van der Waals surface area contributed by atoms with Gasteiger partial charge in [0.15, 0.2) is 0 Å². The molecule has 5 N–H and O–H groups in total. The third-order valence-corrected chi connectivity index (χ3v) is 5.69. The number of benzene rings is 2. The van der Waals surface area contributed by atoms with E-state index in [9.17, 15) is 29.4 Å². The van der Waals surface area contributed by atoms with E-state index in [0.717, 1.165) is 0 Å². The number of nitrogens with two attached hydrogens (primary N) is 1. The summed E-state index contributed by atoms with van der Waals surface area (Å²) in [7, 11) is 0. The van der Waals surface area contributed by atoms with Gasteiger partial charge in [-0.2, -0.15) is 0 Å². The number of anilines is 1. The fourth-order valence-electron chi connectivity index (χ4n) is 4.06. The maximum Gasteiger partial charge on any atom is 0.335 e. The number of carboxylic acids is 1. The van der Waals surface area contributed by atoms with E-state index in [1.54, 1.807) is 59.7 Å². The number of carboxylic acid groups (broad SMARTS) is 1. The standard InChI is InChI=1S/C30H40N2O8/c1-29(2,3)39-26(35)17-23(28(38)40-30(4,5)6)32-25(34)15-11-18-8-7-9-24(33)21(18)13-10-19-16-20(31)12-14-22(19)27(36)37/h7-9,12,14,16,23,33H,10-11,13,15,17,31H2,1-6H3,(H,32,34)(H,36,37)/t23-/m0/s1. The van der Waals surface area contributed by atoms with Gasteiger partial charge in [0, 0.05) is 12.1 Å². The molecule has 2 rings (SSSR count). The number of aromatic carboxylic acids is 1. The number of nitrogen functional groups attached to an aromatic ring is 1. The van der Waals surface area contributed by atoms with Crippen molar-refractivity contribution >= 4 is 29.5 Å². The van der Waals surface area contributed by atoms with Crippen LogP contribution in [0.5, 0.6) is 5.75 Å². The second-order valence-corrected chi connectivity index (χ2v) is 11.6. The summed E-state index contributed by atoms with van der Waals surface area (Å²) in [6, 6.07) is 8.27. The van der Waals surface area contributed by atoms with E-state index in [4.69, 9.17) is 15.2 Å². The number of carbonyl (C=O) groups is 4. The molecule has 2 aromatic carbocycles. The van der Waals surface area contributed by atoms with Crippen LogP contribution in [-0.2, 0) is 43.1 Å². The molecule has 10 nitrogen and oxygen atoms in total. The molecule has 0 unspecified atom stereocenters. The van der Waals surface area contributed by atoms with Gasteiger partial charge in [0.25, 0.3) is 0 Å². The van der Waals surface area contributed by atoms with Crippen LogP contribution in [0.2, 0.25) is 0 Å². The van der Waals surface area contributed by atoms with E-state index in [-0.39, 0.29) is 30.6 Å². The van der Waals surface area contributed by atoms with E-state index >= 15 is 0 Å². The van der Waals surface area contributed by atoms with Gasteiger partial charge in [-0.15, -0.1) is 0 Å². The summed E-state index contributed by atoms with van der Waals surface area (Å²) in [5.41, 5.74) is 6.61. The molecule has 218 valence electrons. The van der Waals surface area contributed by atoms with Gasteiger partial charge in [-0.1, -0.05) is 12.1 Å². The van der Waals surface area contributed by atoms with Crippen LogP contribution < -0.4 is 11.1 Å². The van der Waals surface area contributed by atoms with Crippen LogP contribution in [0, 0.1) is 0 Å². The van der Waals surface area contributed by atoms with Crippen LogP contribution in [0.15, 0.2) is 36.4 Å². The Bertz CT molecular complexity index is 1240. The lowest BCUT2D eigenvalue weighted by Crippen LogP contribution is -2.46. The Morgan fingerprint density at radius 3 is 2.15 bits per heavy atom. The summed E-state index contributed by atoms with van der Waals surface area (Å²) in [6.45, 7) is 10.2. The molecule has 40 heavy (non-hydrogen) atoms. The summed E-state index contributed by atoms with van der Waals surface area (Å²) < 4.78 is 10.7. The van der Waals surface area contributed by atoms with Crippen LogP contribution in [0.1, 0.15) is 81.4 Å². The van der Waals surface area contributed by atoms with Crippen molar-refractivity contribution in [1.29, 1.82) is 0 Å². The monoisotopic (exact) mass is 556 g/mol. The molecule has 1 atom stereocenters. The van der Waals surface area contributed by atoms with Gasteiger partial charge < -0.3 is 30.7 Å². The van der Waals surface area contributed by atoms with E-state index in [1.807, 2.05) is 0 Å². The number of ether oxygens (including phenoxy) is 2. The first-order chi connectivity index (χ1) is 18.4.